The first-order valence-electron chi connectivity index (χ1n) is 13.2. The zero-order chi connectivity index (χ0) is 23.4. The third-order valence-corrected chi connectivity index (χ3v) is 10.5. The van der Waals surface area contributed by atoms with Crippen molar-refractivity contribution in [3.8, 4) is 6.07 Å². The fraction of sp³-hybridized carbons (Fsp3) is 0.786. The Morgan fingerprint density at radius 1 is 1.21 bits per heavy atom. The molecule has 4 aliphatic carbocycles. The number of rotatable bonds is 4. The normalized spacial score (nSPS) is 44.2. The highest BCUT2D eigenvalue weighted by atomic mass is 16.3. The second kappa shape index (κ2) is 8.40. The molecular formula is C28H39N3O2. The first kappa shape index (κ1) is 22.9. The summed E-state index contributed by atoms with van der Waals surface area (Å²) in [6.07, 6.45) is 12.2. The molecule has 0 unspecified atom stereocenters. The molecule has 0 aliphatic heterocycles. The maximum atomic E-state index is 12.2. The van der Waals surface area contributed by atoms with Crippen LogP contribution in [0.5, 0.6) is 0 Å². The summed E-state index contributed by atoms with van der Waals surface area (Å²) in [5.41, 5.74) is 0.911. The molecule has 178 valence electrons. The van der Waals surface area contributed by atoms with Crippen molar-refractivity contribution in [1.29, 1.82) is 5.26 Å². The molecule has 4 saturated carbocycles. The number of hydrogen-bond donors (Lipinski definition) is 1. The lowest BCUT2D eigenvalue weighted by atomic mass is 9.48. The number of carbonyl (C=O) groups excluding carboxylic acids is 1. The smallest absolute Gasteiger partial charge is 0.162 e. The van der Waals surface area contributed by atoms with Crippen LogP contribution in [0, 0.1) is 58.2 Å². The van der Waals surface area contributed by atoms with Crippen LogP contribution in [0.1, 0.15) is 84.3 Å². The monoisotopic (exact) mass is 449 g/mol. The first-order chi connectivity index (χ1) is 15.8. The van der Waals surface area contributed by atoms with Gasteiger partial charge in [0.05, 0.1) is 12.1 Å². The van der Waals surface area contributed by atoms with E-state index in [1.54, 1.807) is 16.9 Å². The summed E-state index contributed by atoms with van der Waals surface area (Å²) in [6, 6.07) is 3.79. The van der Waals surface area contributed by atoms with Gasteiger partial charge >= 0.3 is 0 Å². The predicted octanol–water partition coefficient (Wildman–Crippen LogP) is 5.17. The van der Waals surface area contributed by atoms with Crippen molar-refractivity contribution in [2.75, 3.05) is 0 Å². The Kier molecular flexibility index (Phi) is 5.82. The average Bonchev–Trinajstić information content (AvgIpc) is 3.37. The standard InChI is InChI=1S/C28H39N3O2/c1-4-18-13-25(20(17-32)16-31-12-9-21(15-29)30-31)28(3)11-8-23-22-7-10-27(2,33)14-19(22)5-6-24(23)26(18)28/h9,12,18-19,22-26,33H,4-8,10-11,13-14,16H2,1-3H3/t18-,19-,22+,23-,24-,25-,26+,27-,28-/m1/s1. The van der Waals surface area contributed by atoms with Crippen LogP contribution >= 0.6 is 0 Å². The van der Waals surface area contributed by atoms with Crippen molar-refractivity contribution in [2.24, 2.45) is 46.8 Å². The minimum atomic E-state index is -0.469. The van der Waals surface area contributed by atoms with Crippen molar-refractivity contribution < 1.29 is 9.90 Å². The summed E-state index contributed by atoms with van der Waals surface area (Å²) in [5, 5.41) is 24.1. The van der Waals surface area contributed by atoms with Crippen LogP contribution in [0.25, 0.3) is 0 Å². The Morgan fingerprint density at radius 2 is 2.00 bits per heavy atom. The van der Waals surface area contributed by atoms with E-state index in [9.17, 15) is 9.90 Å². The van der Waals surface area contributed by atoms with Crippen LogP contribution in [0.3, 0.4) is 0 Å². The number of nitriles is 1. The van der Waals surface area contributed by atoms with Gasteiger partial charge in [-0.25, -0.2) is 4.79 Å². The van der Waals surface area contributed by atoms with Crippen LogP contribution < -0.4 is 0 Å². The maximum absolute atomic E-state index is 12.2. The summed E-state index contributed by atoms with van der Waals surface area (Å²) < 4.78 is 1.74. The summed E-state index contributed by atoms with van der Waals surface area (Å²) >= 11 is 0. The van der Waals surface area contributed by atoms with Gasteiger partial charge in [0.25, 0.3) is 0 Å². The highest BCUT2D eigenvalue weighted by Crippen LogP contribution is 2.67. The van der Waals surface area contributed by atoms with Crippen LogP contribution in [0.15, 0.2) is 17.8 Å². The molecule has 0 aromatic carbocycles. The van der Waals surface area contributed by atoms with Gasteiger partial charge in [0.2, 0.25) is 0 Å². The van der Waals surface area contributed by atoms with Gasteiger partial charge in [-0.15, -0.1) is 0 Å². The second-order valence-corrected chi connectivity index (χ2v) is 12.2. The summed E-state index contributed by atoms with van der Waals surface area (Å²) in [4.78, 5) is 12.2. The van der Waals surface area contributed by atoms with Gasteiger partial charge in [0.1, 0.15) is 12.0 Å². The lowest BCUT2D eigenvalue weighted by Gasteiger charge is -2.57. The molecule has 0 spiro atoms. The molecule has 5 heteroatoms. The van der Waals surface area contributed by atoms with Gasteiger partial charge in [-0.05, 0) is 111 Å². The second-order valence-electron chi connectivity index (χ2n) is 12.2. The van der Waals surface area contributed by atoms with Crippen molar-refractivity contribution in [1.82, 2.24) is 9.78 Å². The Hall–Kier alpha value is -1.89. The predicted molar refractivity (Wildman–Crippen MR) is 127 cm³/mol. The molecule has 0 saturated heterocycles. The topological polar surface area (TPSA) is 78.9 Å². The van der Waals surface area contributed by atoms with Crippen LogP contribution in [0.4, 0.5) is 0 Å². The van der Waals surface area contributed by atoms with Crippen molar-refractivity contribution in [3.63, 3.8) is 0 Å². The Bertz CT molecular complexity index is 984. The fourth-order valence-electron chi connectivity index (χ4n) is 9.23. The number of allylic oxidation sites excluding steroid dienone is 1. The molecule has 1 heterocycles. The van der Waals surface area contributed by atoms with Gasteiger partial charge in [0.15, 0.2) is 5.69 Å². The highest BCUT2D eigenvalue weighted by molar-refractivity contribution is 5.54. The van der Waals surface area contributed by atoms with E-state index in [4.69, 9.17) is 5.26 Å². The number of fused-ring (bicyclic) bond motifs is 5. The van der Waals surface area contributed by atoms with E-state index >= 15 is 0 Å². The molecule has 1 aromatic heterocycles. The van der Waals surface area contributed by atoms with E-state index in [1.807, 2.05) is 6.92 Å². The van der Waals surface area contributed by atoms with Crippen LogP contribution in [0.2, 0.25) is 0 Å². The first-order valence-corrected chi connectivity index (χ1v) is 13.2. The van der Waals surface area contributed by atoms with Gasteiger partial charge in [-0.2, -0.15) is 10.4 Å². The number of hydrogen-bond acceptors (Lipinski definition) is 4. The molecule has 33 heavy (non-hydrogen) atoms. The van der Waals surface area contributed by atoms with Gasteiger partial charge in [-0.1, -0.05) is 20.3 Å². The zero-order valence-corrected chi connectivity index (χ0v) is 20.5. The Balaban J connectivity index is 1.40. The maximum Gasteiger partial charge on any atom is 0.162 e. The highest BCUT2D eigenvalue weighted by Gasteiger charge is 2.60. The van der Waals surface area contributed by atoms with E-state index in [-0.39, 0.29) is 11.3 Å². The molecule has 9 atom stereocenters. The quantitative estimate of drug-likeness (QED) is 0.643. The van der Waals surface area contributed by atoms with Crippen molar-refractivity contribution in [2.45, 2.75) is 90.7 Å². The molecular weight excluding hydrogens is 410 g/mol. The van der Waals surface area contributed by atoms with Crippen molar-refractivity contribution >= 4 is 5.94 Å². The lowest BCUT2D eigenvalue weighted by Crippen LogP contribution is -2.51. The Labute approximate surface area is 198 Å². The minimum Gasteiger partial charge on any atom is -0.390 e. The number of nitrogens with zero attached hydrogens (tertiary/aromatic N) is 3. The fourth-order valence-corrected chi connectivity index (χ4v) is 9.23. The van der Waals surface area contributed by atoms with E-state index in [0.717, 1.165) is 42.6 Å². The third-order valence-electron chi connectivity index (χ3n) is 10.5. The third kappa shape index (κ3) is 3.80. The Morgan fingerprint density at radius 3 is 2.70 bits per heavy atom. The zero-order valence-electron chi connectivity index (χ0n) is 20.5. The molecule has 5 rings (SSSR count). The van der Waals surface area contributed by atoms with Crippen molar-refractivity contribution in [3.05, 3.63) is 23.5 Å². The molecule has 5 nitrogen and oxygen atoms in total. The molecule has 4 aliphatic rings. The number of aliphatic hydroxyl groups is 1. The number of aromatic nitrogens is 2. The van der Waals surface area contributed by atoms with E-state index < -0.39 is 5.60 Å². The molecule has 0 radical (unpaired) electrons. The van der Waals surface area contributed by atoms with Gasteiger partial charge in [0, 0.05) is 11.8 Å². The van der Waals surface area contributed by atoms with Gasteiger partial charge < -0.3 is 5.11 Å². The van der Waals surface area contributed by atoms with E-state index in [1.165, 1.54) is 38.5 Å². The van der Waals surface area contributed by atoms with Gasteiger partial charge in [-0.3, -0.25) is 4.68 Å². The van der Waals surface area contributed by atoms with E-state index in [0.29, 0.717) is 30.0 Å². The SMILES string of the molecule is CC[C@@H]1C[C@H](C(=C=O)Cn2ccc(C#N)n2)[C@@]2(C)CC[C@H]3[C@@H](CC[C@@H]4C[C@](C)(O)CC[C@@H]43)[C@H]12. The summed E-state index contributed by atoms with van der Waals surface area (Å²) in [6.45, 7) is 7.28. The van der Waals surface area contributed by atoms with E-state index in [2.05, 4.69) is 31.0 Å². The summed E-state index contributed by atoms with van der Waals surface area (Å²) in [5.74, 6) is 6.94. The largest absolute Gasteiger partial charge is 0.390 e. The molecule has 0 amide bonds. The summed E-state index contributed by atoms with van der Waals surface area (Å²) in [7, 11) is 0. The van der Waals surface area contributed by atoms with Crippen LogP contribution in [-0.2, 0) is 11.3 Å². The van der Waals surface area contributed by atoms with Crippen LogP contribution in [-0.4, -0.2) is 26.4 Å². The average molecular weight is 450 g/mol. The molecule has 1 N–H and O–H groups in total. The molecule has 0 bridgehead atoms. The minimum absolute atomic E-state index is 0.146. The lowest BCUT2D eigenvalue weighted by molar-refractivity contribution is -0.104. The molecule has 1 aromatic rings. The molecule has 4 fully saturated rings.